The van der Waals surface area contributed by atoms with Crippen LogP contribution < -0.4 is 10.1 Å². The van der Waals surface area contributed by atoms with Gasteiger partial charge in [0.2, 0.25) is 0 Å². The molecule has 25 heavy (non-hydrogen) atoms. The van der Waals surface area contributed by atoms with Gasteiger partial charge in [0.1, 0.15) is 23.5 Å². The Morgan fingerprint density at radius 2 is 1.80 bits per heavy atom. The zero-order chi connectivity index (χ0) is 18.1. The van der Waals surface area contributed by atoms with Gasteiger partial charge in [0.15, 0.2) is 6.61 Å². The Morgan fingerprint density at radius 3 is 2.36 bits per heavy atom. The highest BCUT2D eigenvalue weighted by Gasteiger charge is 2.09. The van der Waals surface area contributed by atoms with E-state index in [9.17, 15) is 10.1 Å². The molecule has 0 heterocycles. The number of hydrogen-bond acceptors (Lipinski definition) is 4. The summed E-state index contributed by atoms with van der Waals surface area (Å²) in [6.07, 6.45) is 2.43. The Morgan fingerprint density at radius 1 is 1.12 bits per heavy atom. The van der Waals surface area contributed by atoms with E-state index in [1.165, 1.54) is 11.6 Å². The van der Waals surface area contributed by atoms with E-state index >= 15 is 0 Å². The first kappa shape index (κ1) is 17.8. The van der Waals surface area contributed by atoms with Crippen molar-refractivity contribution in [2.24, 2.45) is 0 Å². The summed E-state index contributed by atoms with van der Waals surface area (Å²) in [6.45, 7) is 2.03. The van der Waals surface area contributed by atoms with E-state index < -0.39 is 5.91 Å². The van der Waals surface area contributed by atoms with E-state index in [2.05, 4.69) is 12.2 Å². The van der Waals surface area contributed by atoms with Crippen LogP contribution in [0.25, 0.3) is 6.08 Å². The van der Waals surface area contributed by atoms with Crippen molar-refractivity contribution in [3.05, 3.63) is 65.2 Å². The number of ether oxygens (including phenoxy) is 1. The minimum Gasteiger partial charge on any atom is -0.479 e. The fourth-order valence-corrected chi connectivity index (χ4v) is 2.11. The molecule has 0 atom stereocenters. The van der Waals surface area contributed by atoms with Crippen LogP contribution in [-0.4, -0.2) is 12.5 Å². The smallest absolute Gasteiger partial charge is 0.266 e. The minimum absolute atomic E-state index is 0.00487. The van der Waals surface area contributed by atoms with Crippen molar-refractivity contribution < 1.29 is 9.53 Å². The fraction of sp³-hybridized carbons (Fsp3) is 0.150. The number of rotatable bonds is 6. The third-order valence-electron chi connectivity index (χ3n) is 3.48. The average molecular weight is 331 g/mol. The van der Waals surface area contributed by atoms with Gasteiger partial charge in [0.25, 0.3) is 5.91 Å². The Hall–Kier alpha value is -3.57. The van der Waals surface area contributed by atoms with Gasteiger partial charge in [-0.15, -0.1) is 0 Å². The number of aryl methyl sites for hydroxylation is 1. The third kappa shape index (κ3) is 5.23. The van der Waals surface area contributed by atoms with Gasteiger partial charge in [0, 0.05) is 5.69 Å². The van der Waals surface area contributed by atoms with Crippen molar-refractivity contribution >= 4 is 17.7 Å². The first-order valence-electron chi connectivity index (χ1n) is 7.78. The molecular weight excluding hydrogens is 314 g/mol. The summed E-state index contributed by atoms with van der Waals surface area (Å²) in [5.74, 6) is 0.0919. The van der Waals surface area contributed by atoms with Crippen LogP contribution in [0.15, 0.2) is 54.1 Å². The van der Waals surface area contributed by atoms with Gasteiger partial charge in [-0.3, -0.25) is 4.79 Å². The van der Waals surface area contributed by atoms with Gasteiger partial charge in [0.05, 0.1) is 0 Å². The number of benzene rings is 2. The normalized spacial score (nSPS) is 10.4. The number of anilines is 1. The van der Waals surface area contributed by atoms with Crippen LogP contribution in [0.5, 0.6) is 5.75 Å². The minimum atomic E-state index is -0.462. The quantitative estimate of drug-likeness (QED) is 0.646. The van der Waals surface area contributed by atoms with Crippen LogP contribution in [0, 0.1) is 22.7 Å². The molecule has 0 bridgehead atoms. The second-order valence-corrected chi connectivity index (χ2v) is 5.19. The molecule has 2 rings (SSSR count). The second-order valence-electron chi connectivity index (χ2n) is 5.19. The maximum atomic E-state index is 12.2. The Bertz CT molecular complexity index is 838. The topological polar surface area (TPSA) is 85.9 Å². The molecule has 1 amide bonds. The number of nitriles is 2. The van der Waals surface area contributed by atoms with Crippen LogP contribution in [0.1, 0.15) is 18.1 Å². The zero-order valence-corrected chi connectivity index (χ0v) is 13.8. The van der Waals surface area contributed by atoms with Gasteiger partial charge >= 0.3 is 0 Å². The van der Waals surface area contributed by atoms with Crippen molar-refractivity contribution in [3.8, 4) is 17.9 Å². The predicted molar refractivity (Wildman–Crippen MR) is 95.6 cm³/mol. The fourth-order valence-electron chi connectivity index (χ4n) is 2.11. The predicted octanol–water partition coefficient (Wildman–Crippen LogP) is 3.70. The summed E-state index contributed by atoms with van der Waals surface area (Å²) in [6, 6.07) is 18.1. The average Bonchev–Trinajstić information content (AvgIpc) is 2.65. The van der Waals surface area contributed by atoms with Crippen LogP contribution in [0.2, 0.25) is 0 Å². The summed E-state index contributed by atoms with van der Waals surface area (Å²) in [7, 11) is 0. The van der Waals surface area contributed by atoms with Crippen molar-refractivity contribution in [1.29, 1.82) is 10.5 Å². The third-order valence-corrected chi connectivity index (χ3v) is 3.48. The first-order valence-corrected chi connectivity index (χ1v) is 7.78. The molecule has 0 radical (unpaired) electrons. The molecule has 0 aliphatic carbocycles. The van der Waals surface area contributed by atoms with Gasteiger partial charge in [-0.1, -0.05) is 31.2 Å². The Kier molecular flexibility index (Phi) is 6.33. The summed E-state index contributed by atoms with van der Waals surface area (Å²) in [5.41, 5.74) is 2.51. The molecule has 124 valence electrons. The van der Waals surface area contributed by atoms with Gasteiger partial charge in [-0.2, -0.15) is 10.5 Å². The van der Waals surface area contributed by atoms with E-state index in [-0.39, 0.29) is 12.2 Å². The van der Waals surface area contributed by atoms with E-state index in [0.717, 1.165) is 6.42 Å². The van der Waals surface area contributed by atoms with Crippen molar-refractivity contribution in [1.82, 2.24) is 0 Å². The highest BCUT2D eigenvalue weighted by Crippen LogP contribution is 2.16. The lowest BCUT2D eigenvalue weighted by atomic mass is 10.1. The lowest BCUT2D eigenvalue weighted by Gasteiger charge is -2.06. The van der Waals surface area contributed by atoms with Gasteiger partial charge in [-0.25, -0.2) is 0 Å². The molecule has 0 spiro atoms. The van der Waals surface area contributed by atoms with Gasteiger partial charge in [-0.05, 0) is 47.9 Å². The molecule has 2 aromatic carbocycles. The lowest BCUT2D eigenvalue weighted by Crippen LogP contribution is -2.13. The summed E-state index contributed by atoms with van der Waals surface area (Å²) >= 11 is 0. The van der Waals surface area contributed by atoms with E-state index in [1.54, 1.807) is 24.3 Å². The van der Waals surface area contributed by atoms with Crippen molar-refractivity contribution in [3.63, 3.8) is 0 Å². The van der Waals surface area contributed by atoms with Crippen molar-refractivity contribution in [2.45, 2.75) is 13.3 Å². The number of nitrogens with one attached hydrogen (secondary N) is 1. The summed E-state index contributed by atoms with van der Waals surface area (Å²) < 4.78 is 5.16. The number of carbonyl (C=O) groups is 1. The van der Waals surface area contributed by atoms with E-state index in [0.29, 0.717) is 17.0 Å². The van der Waals surface area contributed by atoms with Crippen LogP contribution >= 0.6 is 0 Å². The number of amides is 1. The molecule has 5 nitrogen and oxygen atoms in total. The highest BCUT2D eigenvalue weighted by atomic mass is 16.5. The van der Waals surface area contributed by atoms with E-state index in [1.807, 2.05) is 36.4 Å². The molecule has 1 N–H and O–H groups in total. The largest absolute Gasteiger partial charge is 0.479 e. The lowest BCUT2D eigenvalue weighted by molar-refractivity contribution is -0.112. The molecule has 0 saturated heterocycles. The van der Waals surface area contributed by atoms with Crippen LogP contribution in [0.4, 0.5) is 5.69 Å². The molecule has 0 aliphatic rings. The molecule has 0 aromatic heterocycles. The summed E-state index contributed by atoms with van der Waals surface area (Å²) in [4.78, 5) is 12.2. The molecule has 0 unspecified atom stereocenters. The number of carbonyl (C=O) groups excluding carboxylic acids is 1. The maximum Gasteiger partial charge on any atom is 0.266 e. The first-order chi connectivity index (χ1) is 12.2. The number of hydrogen-bond donors (Lipinski definition) is 1. The monoisotopic (exact) mass is 331 g/mol. The second kappa shape index (κ2) is 8.90. The SMILES string of the molecule is CCc1ccc(NC(=O)/C(C#N)=C/c2ccc(OCC#N)cc2)cc1. The standard InChI is InChI=1S/C20H17N3O2/c1-2-15-3-7-18(8-4-15)23-20(24)17(14-22)13-16-5-9-19(10-6-16)25-12-11-21/h3-10,13H,2,12H2,1H3,(H,23,24)/b17-13+. The van der Waals surface area contributed by atoms with Crippen LogP contribution in [0.3, 0.4) is 0 Å². The summed E-state index contributed by atoms with van der Waals surface area (Å²) in [5, 5.41) is 20.4. The zero-order valence-electron chi connectivity index (χ0n) is 13.8. The molecular formula is C20H17N3O2. The van der Waals surface area contributed by atoms with E-state index in [4.69, 9.17) is 10.00 Å². The molecule has 5 heteroatoms. The highest BCUT2D eigenvalue weighted by molar-refractivity contribution is 6.09. The Labute approximate surface area is 146 Å². The molecule has 2 aromatic rings. The van der Waals surface area contributed by atoms with Crippen molar-refractivity contribution in [2.75, 3.05) is 11.9 Å². The molecule has 0 saturated carbocycles. The van der Waals surface area contributed by atoms with Crippen LogP contribution in [-0.2, 0) is 11.2 Å². The Balaban J connectivity index is 2.09. The number of nitrogens with zero attached hydrogens (tertiary/aromatic N) is 2. The molecule has 0 aliphatic heterocycles. The maximum absolute atomic E-state index is 12.2. The van der Waals surface area contributed by atoms with Gasteiger partial charge < -0.3 is 10.1 Å². The molecule has 0 fully saturated rings.